The Bertz CT molecular complexity index is 539. The number of rotatable bonds is 6. The maximum atomic E-state index is 5.25. The molecule has 19 heavy (non-hydrogen) atoms. The van der Waals surface area contributed by atoms with Crippen molar-refractivity contribution in [2.45, 2.75) is 20.0 Å². The van der Waals surface area contributed by atoms with E-state index in [1.807, 2.05) is 35.1 Å². The number of benzene rings is 1. The number of hydrogen-bond acceptors (Lipinski definition) is 3. The summed E-state index contributed by atoms with van der Waals surface area (Å²) in [6.45, 7) is 4.57. The normalized spacial score (nSPS) is 10.7. The first-order valence-electron chi connectivity index (χ1n) is 6.28. The summed E-state index contributed by atoms with van der Waals surface area (Å²) in [5, 5.41) is 7.80. The summed E-state index contributed by atoms with van der Waals surface area (Å²) < 4.78 is 8.25. The molecule has 2 rings (SSSR count). The molecule has 0 aliphatic heterocycles. The average Bonchev–Trinajstić information content (AvgIpc) is 2.86. The van der Waals surface area contributed by atoms with Crippen LogP contribution in [0.1, 0.15) is 18.2 Å². The van der Waals surface area contributed by atoms with Gasteiger partial charge in [-0.2, -0.15) is 5.10 Å². The van der Waals surface area contributed by atoms with Crippen molar-refractivity contribution >= 4 is 15.9 Å². The van der Waals surface area contributed by atoms with E-state index in [-0.39, 0.29) is 0 Å². The van der Waals surface area contributed by atoms with Gasteiger partial charge in [-0.15, -0.1) is 0 Å². The summed E-state index contributed by atoms with van der Waals surface area (Å²) in [5.41, 5.74) is 2.21. The molecule has 2 aromatic rings. The van der Waals surface area contributed by atoms with Gasteiger partial charge in [0.15, 0.2) is 0 Å². The van der Waals surface area contributed by atoms with E-state index in [0.29, 0.717) is 0 Å². The highest BCUT2D eigenvalue weighted by Gasteiger charge is 2.05. The Morgan fingerprint density at radius 1 is 1.37 bits per heavy atom. The van der Waals surface area contributed by atoms with Crippen LogP contribution in [-0.2, 0) is 13.1 Å². The summed E-state index contributed by atoms with van der Waals surface area (Å²) >= 11 is 3.56. The van der Waals surface area contributed by atoms with Crippen LogP contribution in [0.4, 0.5) is 0 Å². The van der Waals surface area contributed by atoms with Crippen LogP contribution in [0.3, 0.4) is 0 Å². The molecule has 1 aromatic carbocycles. The SMILES string of the molecule is CCNCc1ccn(Cc2cc(OC)ccc2Br)n1. The molecule has 0 unspecified atom stereocenters. The number of nitrogens with zero attached hydrogens (tertiary/aromatic N) is 2. The highest BCUT2D eigenvalue weighted by molar-refractivity contribution is 9.10. The van der Waals surface area contributed by atoms with Crippen molar-refractivity contribution in [1.29, 1.82) is 0 Å². The molecule has 0 saturated heterocycles. The maximum absolute atomic E-state index is 5.25. The molecule has 0 bridgehead atoms. The van der Waals surface area contributed by atoms with Gasteiger partial charge in [-0.25, -0.2) is 0 Å². The molecule has 0 radical (unpaired) electrons. The molecule has 102 valence electrons. The molecule has 1 N–H and O–H groups in total. The van der Waals surface area contributed by atoms with Gasteiger partial charge in [0, 0.05) is 17.2 Å². The maximum Gasteiger partial charge on any atom is 0.119 e. The van der Waals surface area contributed by atoms with E-state index >= 15 is 0 Å². The Kier molecular flexibility index (Phi) is 4.99. The number of methoxy groups -OCH3 is 1. The first-order chi connectivity index (χ1) is 9.22. The molecular weight excluding hydrogens is 306 g/mol. The minimum absolute atomic E-state index is 0.726. The standard InChI is InChI=1S/C14H18BrN3O/c1-3-16-9-12-6-7-18(17-12)10-11-8-13(19-2)4-5-14(11)15/h4-8,16H,3,9-10H2,1-2H3. The minimum Gasteiger partial charge on any atom is -0.497 e. The molecule has 4 nitrogen and oxygen atoms in total. The van der Waals surface area contributed by atoms with Gasteiger partial charge in [-0.3, -0.25) is 4.68 Å². The smallest absolute Gasteiger partial charge is 0.119 e. The van der Waals surface area contributed by atoms with Gasteiger partial charge in [0.25, 0.3) is 0 Å². The van der Waals surface area contributed by atoms with E-state index in [1.54, 1.807) is 7.11 Å². The van der Waals surface area contributed by atoms with E-state index in [9.17, 15) is 0 Å². The van der Waals surface area contributed by atoms with Crippen molar-refractivity contribution in [3.63, 3.8) is 0 Å². The summed E-state index contributed by atoms with van der Waals surface area (Å²) in [5.74, 6) is 0.859. The highest BCUT2D eigenvalue weighted by Crippen LogP contribution is 2.23. The van der Waals surface area contributed by atoms with Gasteiger partial charge in [-0.05, 0) is 36.4 Å². The fourth-order valence-electron chi connectivity index (χ4n) is 1.81. The van der Waals surface area contributed by atoms with Crippen molar-refractivity contribution in [3.05, 3.63) is 46.2 Å². The topological polar surface area (TPSA) is 39.1 Å². The first-order valence-corrected chi connectivity index (χ1v) is 7.07. The summed E-state index contributed by atoms with van der Waals surface area (Å²) in [4.78, 5) is 0. The molecular formula is C14H18BrN3O. The molecule has 0 saturated carbocycles. The van der Waals surface area contributed by atoms with Crippen molar-refractivity contribution in [1.82, 2.24) is 15.1 Å². The average molecular weight is 324 g/mol. The van der Waals surface area contributed by atoms with Crippen LogP contribution in [0.5, 0.6) is 5.75 Å². The fourth-order valence-corrected chi connectivity index (χ4v) is 2.18. The van der Waals surface area contributed by atoms with Gasteiger partial charge in [0.05, 0.1) is 19.3 Å². The van der Waals surface area contributed by atoms with Crippen molar-refractivity contribution in [3.8, 4) is 5.75 Å². The molecule has 0 aliphatic rings. The summed E-state index contributed by atoms with van der Waals surface area (Å²) in [6.07, 6.45) is 2.00. The number of nitrogens with one attached hydrogen (secondary N) is 1. The summed E-state index contributed by atoms with van der Waals surface area (Å²) in [7, 11) is 1.68. The predicted molar refractivity (Wildman–Crippen MR) is 79.4 cm³/mol. The first kappa shape index (κ1) is 14.1. The fraction of sp³-hybridized carbons (Fsp3) is 0.357. The van der Waals surface area contributed by atoms with Crippen LogP contribution < -0.4 is 10.1 Å². The lowest BCUT2D eigenvalue weighted by Crippen LogP contribution is -2.12. The minimum atomic E-state index is 0.726. The lowest BCUT2D eigenvalue weighted by atomic mass is 10.2. The Hall–Kier alpha value is -1.33. The summed E-state index contributed by atoms with van der Waals surface area (Å²) in [6, 6.07) is 8.00. The van der Waals surface area contributed by atoms with Gasteiger partial charge < -0.3 is 10.1 Å². The van der Waals surface area contributed by atoms with Crippen molar-refractivity contribution in [2.75, 3.05) is 13.7 Å². The van der Waals surface area contributed by atoms with Gasteiger partial charge in [0.2, 0.25) is 0 Å². The number of ether oxygens (including phenoxy) is 1. The van der Waals surface area contributed by atoms with E-state index in [0.717, 1.165) is 41.1 Å². The van der Waals surface area contributed by atoms with Crippen LogP contribution >= 0.6 is 15.9 Å². The second-order valence-corrected chi connectivity index (χ2v) is 5.10. The highest BCUT2D eigenvalue weighted by atomic mass is 79.9. The largest absolute Gasteiger partial charge is 0.497 e. The third-order valence-corrected chi connectivity index (χ3v) is 3.61. The second kappa shape index (κ2) is 6.73. The second-order valence-electron chi connectivity index (χ2n) is 4.24. The lowest BCUT2D eigenvalue weighted by Gasteiger charge is -2.07. The molecule has 1 heterocycles. The zero-order valence-electron chi connectivity index (χ0n) is 11.2. The zero-order chi connectivity index (χ0) is 13.7. The van der Waals surface area contributed by atoms with E-state index in [2.05, 4.69) is 33.3 Å². The molecule has 0 atom stereocenters. The van der Waals surface area contributed by atoms with Crippen LogP contribution in [-0.4, -0.2) is 23.4 Å². The molecule has 1 aromatic heterocycles. The molecule has 5 heteroatoms. The zero-order valence-corrected chi connectivity index (χ0v) is 12.8. The van der Waals surface area contributed by atoms with Crippen LogP contribution in [0.25, 0.3) is 0 Å². The quantitative estimate of drug-likeness (QED) is 0.888. The Morgan fingerprint density at radius 2 is 2.21 bits per heavy atom. The van der Waals surface area contributed by atoms with Gasteiger partial charge in [0.1, 0.15) is 5.75 Å². The number of aromatic nitrogens is 2. The van der Waals surface area contributed by atoms with E-state index < -0.39 is 0 Å². The van der Waals surface area contributed by atoms with Gasteiger partial charge >= 0.3 is 0 Å². The number of hydrogen-bond donors (Lipinski definition) is 1. The Morgan fingerprint density at radius 3 is 2.95 bits per heavy atom. The van der Waals surface area contributed by atoms with Crippen molar-refractivity contribution in [2.24, 2.45) is 0 Å². The van der Waals surface area contributed by atoms with E-state index in [1.165, 1.54) is 0 Å². The third-order valence-electron chi connectivity index (χ3n) is 2.84. The lowest BCUT2D eigenvalue weighted by molar-refractivity contribution is 0.414. The predicted octanol–water partition coefficient (Wildman–Crippen LogP) is 2.81. The Labute approximate surface area is 121 Å². The van der Waals surface area contributed by atoms with E-state index in [4.69, 9.17) is 4.74 Å². The molecule has 0 amide bonds. The molecule has 0 aliphatic carbocycles. The molecule has 0 fully saturated rings. The monoisotopic (exact) mass is 323 g/mol. The van der Waals surface area contributed by atoms with Crippen LogP contribution in [0.15, 0.2) is 34.9 Å². The molecule has 0 spiro atoms. The third kappa shape index (κ3) is 3.81. The van der Waals surface area contributed by atoms with Crippen LogP contribution in [0, 0.1) is 0 Å². The Balaban J connectivity index is 2.10. The van der Waals surface area contributed by atoms with Gasteiger partial charge in [-0.1, -0.05) is 22.9 Å². The van der Waals surface area contributed by atoms with Crippen LogP contribution in [0.2, 0.25) is 0 Å². The van der Waals surface area contributed by atoms with Crippen molar-refractivity contribution < 1.29 is 4.74 Å². The number of halogens is 1.